The normalized spacial score (nSPS) is 23.4. The van der Waals surface area contributed by atoms with Gasteiger partial charge < -0.3 is 0 Å². The number of likely N-dealkylation sites (tertiary alicyclic amines) is 1. The van der Waals surface area contributed by atoms with Gasteiger partial charge in [-0.25, -0.2) is 13.1 Å². The number of piperidine rings is 1. The quantitative estimate of drug-likeness (QED) is 0.813. The highest BCUT2D eigenvalue weighted by Gasteiger charge is 2.31. The Morgan fingerprint density at radius 3 is 2.31 bits per heavy atom. The maximum absolute atomic E-state index is 12.6. The van der Waals surface area contributed by atoms with E-state index < -0.39 is 21.8 Å². The van der Waals surface area contributed by atoms with Crippen molar-refractivity contribution in [1.82, 2.24) is 9.62 Å². The number of nitrogens with zero attached hydrogens (tertiary/aromatic N) is 1. The molecular formula is C17H23F3N2O2S2. The number of hydrogen-bond acceptors (Lipinski definition) is 4. The fourth-order valence-electron chi connectivity index (χ4n) is 3.47. The number of halogens is 3. The highest BCUT2D eigenvalue weighted by molar-refractivity contribution is 7.99. The van der Waals surface area contributed by atoms with Gasteiger partial charge in [-0.1, -0.05) is 0 Å². The molecule has 0 radical (unpaired) electrons. The summed E-state index contributed by atoms with van der Waals surface area (Å²) < 4.78 is 64.9. The standard InChI is InChI=1S/C17H23F3N2O2S2/c18-17(19,20)14-1-3-16(4-2-14)26(23,24)21-11-13-5-8-22(9-6-13)15-7-10-25-12-15/h1-4,13,15,21H,5-12H2. The molecule has 0 saturated carbocycles. The smallest absolute Gasteiger partial charge is 0.300 e. The number of rotatable bonds is 5. The van der Waals surface area contributed by atoms with Crippen molar-refractivity contribution in [3.8, 4) is 0 Å². The van der Waals surface area contributed by atoms with Gasteiger partial charge in [0, 0.05) is 18.3 Å². The van der Waals surface area contributed by atoms with E-state index in [1.165, 1.54) is 17.9 Å². The molecule has 2 aliphatic heterocycles. The van der Waals surface area contributed by atoms with Gasteiger partial charge in [-0.05, 0) is 68.3 Å². The minimum atomic E-state index is -4.47. The molecule has 3 rings (SSSR count). The Labute approximate surface area is 156 Å². The monoisotopic (exact) mass is 408 g/mol. The summed E-state index contributed by atoms with van der Waals surface area (Å²) in [6.45, 7) is 2.30. The highest BCUT2D eigenvalue weighted by atomic mass is 32.2. The van der Waals surface area contributed by atoms with Crippen molar-refractivity contribution in [2.24, 2.45) is 5.92 Å². The van der Waals surface area contributed by atoms with Crippen molar-refractivity contribution in [2.45, 2.75) is 36.4 Å². The Balaban J connectivity index is 1.51. The van der Waals surface area contributed by atoms with Gasteiger partial charge in [0.1, 0.15) is 0 Å². The van der Waals surface area contributed by atoms with Gasteiger partial charge in [-0.15, -0.1) is 0 Å². The molecule has 2 saturated heterocycles. The van der Waals surface area contributed by atoms with Crippen LogP contribution in [0.4, 0.5) is 13.2 Å². The van der Waals surface area contributed by atoms with Crippen LogP contribution in [-0.2, 0) is 16.2 Å². The predicted molar refractivity (Wildman–Crippen MR) is 96.7 cm³/mol. The van der Waals surface area contributed by atoms with Gasteiger partial charge in [0.2, 0.25) is 10.0 Å². The van der Waals surface area contributed by atoms with Crippen LogP contribution in [0.5, 0.6) is 0 Å². The van der Waals surface area contributed by atoms with Crippen LogP contribution in [0.15, 0.2) is 29.2 Å². The number of alkyl halides is 3. The Bertz CT molecular complexity index is 694. The van der Waals surface area contributed by atoms with E-state index >= 15 is 0 Å². The number of thioether (sulfide) groups is 1. The molecule has 1 aromatic carbocycles. The van der Waals surface area contributed by atoms with Gasteiger partial charge in [-0.2, -0.15) is 24.9 Å². The number of hydrogen-bond donors (Lipinski definition) is 1. The van der Waals surface area contributed by atoms with E-state index in [4.69, 9.17) is 0 Å². The van der Waals surface area contributed by atoms with Crippen LogP contribution in [0.25, 0.3) is 0 Å². The molecule has 1 N–H and O–H groups in total. The first-order valence-electron chi connectivity index (χ1n) is 8.74. The first-order valence-corrected chi connectivity index (χ1v) is 11.4. The van der Waals surface area contributed by atoms with E-state index in [-0.39, 0.29) is 10.8 Å². The third-order valence-electron chi connectivity index (χ3n) is 5.13. The molecule has 2 aliphatic rings. The molecule has 1 unspecified atom stereocenters. The summed E-state index contributed by atoms with van der Waals surface area (Å²) in [6, 6.07) is 4.26. The highest BCUT2D eigenvalue weighted by Crippen LogP contribution is 2.30. The fraction of sp³-hybridized carbons (Fsp3) is 0.647. The zero-order valence-corrected chi connectivity index (χ0v) is 16.0. The van der Waals surface area contributed by atoms with Gasteiger partial charge >= 0.3 is 6.18 Å². The predicted octanol–water partition coefficient (Wildman–Crippen LogP) is 3.20. The van der Waals surface area contributed by atoms with Crippen molar-refractivity contribution in [1.29, 1.82) is 0 Å². The van der Waals surface area contributed by atoms with E-state index in [1.807, 2.05) is 11.8 Å². The lowest BCUT2D eigenvalue weighted by atomic mass is 9.96. The second-order valence-electron chi connectivity index (χ2n) is 6.87. The van der Waals surface area contributed by atoms with E-state index in [0.29, 0.717) is 12.6 Å². The van der Waals surface area contributed by atoms with Crippen molar-refractivity contribution in [3.63, 3.8) is 0 Å². The fourth-order valence-corrected chi connectivity index (χ4v) is 5.84. The molecule has 4 nitrogen and oxygen atoms in total. The molecular weight excluding hydrogens is 385 g/mol. The molecule has 0 bridgehead atoms. The summed E-state index contributed by atoms with van der Waals surface area (Å²) in [6.07, 6.45) is -1.36. The van der Waals surface area contributed by atoms with Crippen molar-refractivity contribution < 1.29 is 21.6 Å². The lowest BCUT2D eigenvalue weighted by Crippen LogP contribution is -2.43. The van der Waals surface area contributed by atoms with Gasteiger partial charge in [0.05, 0.1) is 10.5 Å². The first-order chi connectivity index (χ1) is 12.3. The zero-order chi connectivity index (χ0) is 18.8. The Hall–Kier alpha value is -0.770. The van der Waals surface area contributed by atoms with Gasteiger partial charge in [0.15, 0.2) is 0 Å². The third kappa shape index (κ3) is 4.94. The molecule has 1 atom stereocenters. The minimum Gasteiger partial charge on any atom is -0.300 e. The molecule has 1 aromatic rings. The van der Waals surface area contributed by atoms with Crippen molar-refractivity contribution in [3.05, 3.63) is 29.8 Å². The Morgan fingerprint density at radius 1 is 1.12 bits per heavy atom. The lowest BCUT2D eigenvalue weighted by molar-refractivity contribution is -0.137. The molecule has 2 heterocycles. The lowest BCUT2D eigenvalue weighted by Gasteiger charge is -2.35. The molecule has 9 heteroatoms. The van der Waals surface area contributed by atoms with Crippen LogP contribution < -0.4 is 4.72 Å². The zero-order valence-electron chi connectivity index (χ0n) is 14.3. The average Bonchev–Trinajstić information content (AvgIpc) is 3.14. The van der Waals surface area contributed by atoms with E-state index in [1.54, 1.807) is 0 Å². The minimum absolute atomic E-state index is 0.133. The Morgan fingerprint density at radius 2 is 1.77 bits per heavy atom. The summed E-state index contributed by atoms with van der Waals surface area (Å²) in [5.74, 6) is 2.67. The van der Waals surface area contributed by atoms with Crippen LogP contribution in [0, 0.1) is 5.92 Å². The van der Waals surface area contributed by atoms with Gasteiger partial charge in [-0.3, -0.25) is 4.90 Å². The van der Waals surface area contributed by atoms with Crippen LogP contribution in [-0.4, -0.2) is 50.5 Å². The molecule has 0 spiro atoms. The SMILES string of the molecule is O=S(=O)(NCC1CCN(C2CCSC2)CC1)c1ccc(C(F)(F)F)cc1. The van der Waals surface area contributed by atoms with Crippen molar-refractivity contribution >= 4 is 21.8 Å². The third-order valence-corrected chi connectivity index (χ3v) is 7.71. The van der Waals surface area contributed by atoms with Crippen LogP contribution >= 0.6 is 11.8 Å². The molecule has 0 aromatic heterocycles. The summed E-state index contributed by atoms with van der Waals surface area (Å²) in [4.78, 5) is 2.37. The van der Waals surface area contributed by atoms with Crippen LogP contribution in [0.3, 0.4) is 0 Å². The first kappa shape index (κ1) is 20.0. The topological polar surface area (TPSA) is 49.4 Å². The summed E-state index contributed by atoms with van der Waals surface area (Å²) in [5, 5.41) is 0. The molecule has 26 heavy (non-hydrogen) atoms. The largest absolute Gasteiger partial charge is 0.416 e. The summed E-state index contributed by atoms with van der Waals surface area (Å²) in [5.41, 5.74) is -0.853. The molecule has 146 valence electrons. The molecule has 0 amide bonds. The number of sulfonamides is 1. The molecule has 2 fully saturated rings. The molecule has 0 aliphatic carbocycles. The second kappa shape index (κ2) is 8.08. The van der Waals surface area contributed by atoms with Crippen LogP contribution in [0.2, 0.25) is 0 Å². The average molecular weight is 409 g/mol. The maximum atomic E-state index is 12.6. The number of benzene rings is 1. The Kier molecular flexibility index (Phi) is 6.21. The number of nitrogens with one attached hydrogen (secondary N) is 1. The van der Waals surface area contributed by atoms with E-state index in [2.05, 4.69) is 9.62 Å². The van der Waals surface area contributed by atoms with E-state index in [0.717, 1.165) is 50.2 Å². The van der Waals surface area contributed by atoms with Crippen molar-refractivity contribution in [2.75, 3.05) is 31.1 Å². The maximum Gasteiger partial charge on any atom is 0.416 e. The van der Waals surface area contributed by atoms with E-state index in [9.17, 15) is 21.6 Å². The van der Waals surface area contributed by atoms with Gasteiger partial charge in [0.25, 0.3) is 0 Å². The summed E-state index contributed by atoms with van der Waals surface area (Å²) >= 11 is 1.99. The van der Waals surface area contributed by atoms with Crippen LogP contribution in [0.1, 0.15) is 24.8 Å². The summed E-state index contributed by atoms with van der Waals surface area (Å²) in [7, 11) is -3.79. The second-order valence-corrected chi connectivity index (χ2v) is 9.79.